The first-order valence-electron chi connectivity index (χ1n) is 1.74. The van der Waals surface area contributed by atoms with E-state index in [-0.39, 0.29) is 0 Å². The molecule has 0 aliphatic heterocycles. The first-order valence-corrected chi connectivity index (χ1v) is 2.77. The van der Waals surface area contributed by atoms with Crippen LogP contribution in [0.1, 0.15) is 0 Å². The van der Waals surface area contributed by atoms with Crippen molar-refractivity contribution in [3.05, 3.63) is 0 Å². The van der Waals surface area contributed by atoms with Gasteiger partial charge in [-0.15, -0.1) is 0 Å². The monoisotopic (exact) mass is 178 g/mol. The average Bonchev–Trinajstić information content (AvgIpc) is 1.60. The number of alkyl halides is 3. The van der Waals surface area contributed by atoms with Crippen LogP contribution in [0, 0.1) is 0 Å². The van der Waals surface area contributed by atoms with Gasteiger partial charge in [-0.2, -0.15) is 17.4 Å². The zero-order valence-corrected chi connectivity index (χ0v) is 5.03. The van der Waals surface area contributed by atoms with E-state index in [2.05, 4.69) is 4.18 Å². The maximum atomic E-state index is 11.1. The van der Waals surface area contributed by atoms with Crippen LogP contribution in [0.2, 0.25) is 0 Å². The molecule has 1 N–H and O–H groups in total. The third-order valence-corrected chi connectivity index (χ3v) is 0.672. The summed E-state index contributed by atoms with van der Waals surface area (Å²) in [6.07, 6.45) is -5.22. The van der Waals surface area contributed by atoms with Crippen molar-refractivity contribution in [1.82, 2.24) is 0 Å². The molecule has 0 amide bonds. The average molecular weight is 178 g/mol. The Kier molecular flexibility index (Phi) is 2.78. The third kappa shape index (κ3) is 3.41. The van der Waals surface area contributed by atoms with Gasteiger partial charge < -0.3 is 4.18 Å². The fraction of sp³-hybridized carbons (Fsp3) is 0.500. The minimum atomic E-state index is -5.22. The van der Waals surface area contributed by atoms with E-state index in [0.29, 0.717) is 0 Å². The van der Waals surface area contributed by atoms with E-state index in [1.165, 1.54) is 0 Å². The van der Waals surface area contributed by atoms with E-state index in [1.807, 2.05) is 0 Å². The van der Waals surface area contributed by atoms with Gasteiger partial charge in [0.25, 0.3) is 0 Å². The maximum absolute atomic E-state index is 11.1. The Hall–Kier alpha value is -0.630. The summed E-state index contributed by atoms with van der Waals surface area (Å²) in [5.74, 6) is -2.69. The van der Waals surface area contributed by atoms with Gasteiger partial charge in [-0.3, -0.25) is 4.55 Å². The molecule has 0 saturated carbocycles. The number of rotatable bonds is 1. The van der Waals surface area contributed by atoms with Gasteiger partial charge in [0.1, 0.15) is 0 Å². The molecule has 0 aromatic carbocycles. The molecule has 0 spiro atoms. The van der Waals surface area contributed by atoms with Crippen molar-refractivity contribution in [2.24, 2.45) is 0 Å². The SMILES string of the molecule is O=C(OS(=O)O)C(F)(F)F. The molecule has 0 radical (unpaired) electrons. The molecule has 0 aliphatic carbocycles. The molecule has 0 saturated heterocycles. The zero-order valence-electron chi connectivity index (χ0n) is 4.21. The molecule has 8 heteroatoms. The van der Waals surface area contributed by atoms with Crippen molar-refractivity contribution in [2.75, 3.05) is 0 Å². The van der Waals surface area contributed by atoms with E-state index in [9.17, 15) is 22.2 Å². The zero-order chi connectivity index (χ0) is 8.36. The minimum absolute atomic E-state index is 2.69. The number of halogens is 3. The number of carbonyl (C=O) groups is 1. The van der Waals surface area contributed by atoms with Gasteiger partial charge in [0.2, 0.25) is 0 Å². The van der Waals surface area contributed by atoms with Crippen LogP contribution in [0.3, 0.4) is 0 Å². The molecule has 0 fully saturated rings. The van der Waals surface area contributed by atoms with Crippen LogP contribution < -0.4 is 0 Å². The molecule has 0 aliphatic rings. The summed E-state index contributed by atoms with van der Waals surface area (Å²) in [6, 6.07) is 0. The molecule has 4 nitrogen and oxygen atoms in total. The summed E-state index contributed by atoms with van der Waals surface area (Å²) in [7, 11) is 0. The first kappa shape index (κ1) is 9.37. The van der Waals surface area contributed by atoms with Crippen LogP contribution in [0.25, 0.3) is 0 Å². The lowest BCUT2D eigenvalue weighted by Gasteiger charge is -2.00. The maximum Gasteiger partial charge on any atom is 0.492 e. The highest BCUT2D eigenvalue weighted by Gasteiger charge is 2.42. The summed E-state index contributed by atoms with van der Waals surface area (Å²) >= 11 is -3.21. The summed E-state index contributed by atoms with van der Waals surface area (Å²) in [6.45, 7) is 0. The van der Waals surface area contributed by atoms with Gasteiger partial charge in [-0.25, -0.2) is 4.79 Å². The lowest BCUT2D eigenvalue weighted by molar-refractivity contribution is -0.189. The topological polar surface area (TPSA) is 63.6 Å². The van der Waals surface area contributed by atoms with E-state index in [0.717, 1.165) is 0 Å². The van der Waals surface area contributed by atoms with Gasteiger partial charge in [0, 0.05) is 0 Å². The Morgan fingerprint density at radius 2 is 1.90 bits per heavy atom. The number of carbonyl (C=O) groups excluding carboxylic acids is 1. The Morgan fingerprint density at radius 1 is 1.50 bits per heavy atom. The van der Waals surface area contributed by atoms with Crippen LogP contribution in [0.5, 0.6) is 0 Å². The molecule has 1 unspecified atom stereocenters. The minimum Gasteiger partial charge on any atom is -0.336 e. The molecular formula is C2HF3O4S. The summed E-state index contributed by atoms with van der Waals surface area (Å²) in [5.41, 5.74) is 0. The molecule has 0 rings (SSSR count). The molecule has 0 heterocycles. The lowest BCUT2D eigenvalue weighted by atomic mass is 10.7. The Bertz CT molecular complexity index is 162. The highest BCUT2D eigenvalue weighted by molar-refractivity contribution is 7.74. The third-order valence-electron chi connectivity index (χ3n) is 0.378. The largest absolute Gasteiger partial charge is 0.492 e. The van der Waals surface area contributed by atoms with Crippen LogP contribution in [0.15, 0.2) is 0 Å². The van der Waals surface area contributed by atoms with E-state index >= 15 is 0 Å². The highest BCUT2D eigenvalue weighted by atomic mass is 32.2. The van der Waals surface area contributed by atoms with Gasteiger partial charge in [0.15, 0.2) is 0 Å². The van der Waals surface area contributed by atoms with Gasteiger partial charge >= 0.3 is 23.5 Å². The quantitative estimate of drug-likeness (QED) is 0.583. The lowest BCUT2D eigenvalue weighted by Crippen LogP contribution is -2.25. The van der Waals surface area contributed by atoms with Crippen LogP contribution in [-0.2, 0) is 20.3 Å². The highest BCUT2D eigenvalue weighted by Crippen LogP contribution is 2.16. The Morgan fingerprint density at radius 3 is 2.00 bits per heavy atom. The second-order valence-corrected chi connectivity index (χ2v) is 1.69. The van der Waals surface area contributed by atoms with Crippen molar-refractivity contribution < 1.29 is 30.9 Å². The number of hydrogen-bond donors (Lipinski definition) is 1. The van der Waals surface area contributed by atoms with Crippen molar-refractivity contribution >= 4 is 17.3 Å². The van der Waals surface area contributed by atoms with E-state index < -0.39 is 23.5 Å². The van der Waals surface area contributed by atoms with Gasteiger partial charge in [-0.05, 0) is 0 Å². The van der Waals surface area contributed by atoms with Gasteiger partial charge in [0.05, 0.1) is 0 Å². The first-order chi connectivity index (χ1) is 4.34. The molecule has 10 heavy (non-hydrogen) atoms. The molecule has 60 valence electrons. The molecule has 0 aromatic heterocycles. The molecular weight excluding hydrogens is 177 g/mol. The predicted molar refractivity (Wildman–Crippen MR) is 22.9 cm³/mol. The van der Waals surface area contributed by atoms with Crippen molar-refractivity contribution in [3.63, 3.8) is 0 Å². The second-order valence-electron chi connectivity index (χ2n) is 1.09. The van der Waals surface area contributed by atoms with E-state index in [1.54, 1.807) is 0 Å². The standard InChI is InChI=1S/C2HF3O4S/c3-2(4,5)1(6)9-10(7)8/h(H,7,8). The summed E-state index contributed by atoms with van der Waals surface area (Å²) < 4.78 is 53.2. The van der Waals surface area contributed by atoms with Crippen LogP contribution >= 0.6 is 0 Å². The molecule has 0 aromatic rings. The van der Waals surface area contributed by atoms with Crippen molar-refractivity contribution in [2.45, 2.75) is 6.18 Å². The molecule has 1 atom stereocenters. The van der Waals surface area contributed by atoms with Gasteiger partial charge in [-0.1, -0.05) is 0 Å². The van der Waals surface area contributed by atoms with Crippen molar-refractivity contribution in [3.8, 4) is 0 Å². The summed E-state index contributed by atoms with van der Waals surface area (Å²) in [5, 5.41) is 0. The second kappa shape index (κ2) is 2.97. The Labute approximate surface area is 55.5 Å². The Balaban J connectivity index is 3.99. The van der Waals surface area contributed by atoms with E-state index in [4.69, 9.17) is 4.55 Å². The smallest absolute Gasteiger partial charge is 0.336 e. The number of hydrogen-bond acceptors (Lipinski definition) is 3. The van der Waals surface area contributed by atoms with Crippen LogP contribution in [0.4, 0.5) is 13.2 Å². The fourth-order valence-corrected chi connectivity index (χ4v) is 0.336. The predicted octanol–water partition coefficient (Wildman–Crippen LogP) is 0.229. The summed E-state index contributed by atoms with van der Waals surface area (Å²) in [4.78, 5) is 9.57. The van der Waals surface area contributed by atoms with Crippen molar-refractivity contribution in [1.29, 1.82) is 0 Å². The van der Waals surface area contributed by atoms with Crippen LogP contribution in [-0.4, -0.2) is 20.9 Å². The normalized spacial score (nSPS) is 14.4. The molecule has 0 bridgehead atoms. The fourth-order valence-electron chi connectivity index (χ4n) is 0.112.